The average molecular weight is 445 g/mol. The predicted octanol–water partition coefficient (Wildman–Crippen LogP) is 4.61. The van der Waals surface area contributed by atoms with Gasteiger partial charge in [-0.05, 0) is 62.9 Å². The lowest BCUT2D eigenvalue weighted by Gasteiger charge is -2.22. The summed E-state index contributed by atoms with van der Waals surface area (Å²) in [5, 5.41) is 9.48. The first-order valence-electron chi connectivity index (χ1n) is 11.3. The number of hydrogen-bond acceptors (Lipinski definition) is 5. The molecule has 8 heteroatoms. The maximum Gasteiger partial charge on any atom is 0.166 e. The second kappa shape index (κ2) is 7.43. The van der Waals surface area contributed by atoms with E-state index < -0.39 is 6.10 Å². The van der Waals surface area contributed by atoms with Crippen molar-refractivity contribution in [3.8, 4) is 22.7 Å². The third kappa shape index (κ3) is 3.55. The van der Waals surface area contributed by atoms with E-state index in [0.29, 0.717) is 29.5 Å². The lowest BCUT2D eigenvalue weighted by atomic mass is 10.0. The molecule has 2 N–H and O–H groups in total. The summed E-state index contributed by atoms with van der Waals surface area (Å²) in [7, 11) is 0. The Bertz CT molecular complexity index is 1370. The van der Waals surface area contributed by atoms with Crippen molar-refractivity contribution < 1.29 is 9.13 Å². The molecule has 1 aliphatic carbocycles. The van der Waals surface area contributed by atoms with Gasteiger partial charge in [0, 0.05) is 41.5 Å². The Morgan fingerprint density at radius 3 is 2.85 bits per heavy atom. The minimum Gasteiger partial charge on any atom is -0.482 e. The zero-order valence-electron chi connectivity index (χ0n) is 18.6. The first kappa shape index (κ1) is 20.0. The molecule has 0 saturated heterocycles. The molecule has 4 aromatic rings. The lowest BCUT2D eigenvalue weighted by molar-refractivity contribution is 0.226. The van der Waals surface area contributed by atoms with Crippen molar-refractivity contribution in [2.75, 3.05) is 5.73 Å². The van der Waals surface area contributed by atoms with Gasteiger partial charge in [-0.15, -0.1) is 0 Å². The number of fused-ring (bicyclic) bond motifs is 7. The molecule has 7 nitrogen and oxygen atoms in total. The van der Waals surface area contributed by atoms with E-state index in [4.69, 9.17) is 20.7 Å². The normalized spacial score (nSPS) is 17.2. The monoisotopic (exact) mass is 444 g/mol. The first-order valence-corrected chi connectivity index (χ1v) is 11.3. The number of anilines is 1. The van der Waals surface area contributed by atoms with Crippen LogP contribution in [0.3, 0.4) is 0 Å². The van der Waals surface area contributed by atoms with Crippen LogP contribution in [-0.2, 0) is 13.0 Å². The topological polar surface area (TPSA) is 83.8 Å². The van der Waals surface area contributed by atoms with Gasteiger partial charge in [0.05, 0.1) is 23.3 Å². The fourth-order valence-electron chi connectivity index (χ4n) is 4.63. The molecule has 1 unspecified atom stereocenters. The van der Waals surface area contributed by atoms with Crippen LogP contribution in [0.1, 0.15) is 48.4 Å². The van der Waals surface area contributed by atoms with E-state index in [1.165, 1.54) is 25.0 Å². The highest BCUT2D eigenvalue weighted by Gasteiger charge is 2.27. The summed E-state index contributed by atoms with van der Waals surface area (Å²) >= 11 is 0. The van der Waals surface area contributed by atoms with Crippen molar-refractivity contribution in [3.63, 3.8) is 0 Å². The molecule has 1 fully saturated rings. The van der Waals surface area contributed by atoms with Gasteiger partial charge in [-0.3, -0.25) is 4.68 Å². The molecule has 1 atom stereocenters. The van der Waals surface area contributed by atoms with E-state index in [2.05, 4.69) is 15.7 Å². The Kier molecular flexibility index (Phi) is 4.50. The molecule has 2 bridgehead atoms. The number of pyridine rings is 1. The minimum atomic E-state index is -0.470. The van der Waals surface area contributed by atoms with Crippen molar-refractivity contribution in [3.05, 3.63) is 71.1 Å². The molecule has 1 saturated carbocycles. The highest BCUT2D eigenvalue weighted by molar-refractivity contribution is 5.68. The van der Waals surface area contributed by atoms with Crippen molar-refractivity contribution >= 4 is 5.82 Å². The summed E-state index contributed by atoms with van der Waals surface area (Å²) in [6.45, 7) is 4.73. The van der Waals surface area contributed by atoms with E-state index in [1.807, 2.05) is 30.8 Å². The zero-order chi connectivity index (χ0) is 22.7. The van der Waals surface area contributed by atoms with Crippen LogP contribution < -0.4 is 10.5 Å². The SMILES string of the molecule is Cc1cc2n(n1)-c1ccc(F)cc1C(C)Oc1cc(cnc1N)-c1c(cnn1CC1CC1)C2. The fourth-order valence-corrected chi connectivity index (χ4v) is 4.63. The molecule has 168 valence electrons. The number of ether oxygens (including phenoxy) is 1. The van der Waals surface area contributed by atoms with Gasteiger partial charge in [0.25, 0.3) is 0 Å². The number of benzene rings is 1. The first-order chi connectivity index (χ1) is 16.0. The second-order valence-corrected chi connectivity index (χ2v) is 9.08. The summed E-state index contributed by atoms with van der Waals surface area (Å²) < 4.78 is 24.5. The van der Waals surface area contributed by atoms with Gasteiger partial charge in [-0.2, -0.15) is 10.2 Å². The molecular formula is C25H25FN6O. The average Bonchev–Trinajstić information content (AvgIpc) is 3.41. The number of nitrogens with two attached hydrogens (primary N) is 1. The van der Waals surface area contributed by atoms with Crippen LogP contribution in [0.2, 0.25) is 0 Å². The molecular weight excluding hydrogens is 419 g/mol. The highest BCUT2D eigenvalue weighted by atomic mass is 19.1. The number of halogens is 1. The maximum atomic E-state index is 14.3. The van der Waals surface area contributed by atoms with Gasteiger partial charge < -0.3 is 10.5 Å². The third-order valence-electron chi connectivity index (χ3n) is 6.43. The number of nitrogen functional groups attached to an aromatic ring is 1. The van der Waals surface area contributed by atoms with Gasteiger partial charge in [0.1, 0.15) is 11.9 Å². The van der Waals surface area contributed by atoms with Gasteiger partial charge in [-0.1, -0.05) is 0 Å². The van der Waals surface area contributed by atoms with Crippen LogP contribution in [0.25, 0.3) is 16.9 Å². The van der Waals surface area contributed by atoms with E-state index >= 15 is 0 Å². The Morgan fingerprint density at radius 1 is 1.18 bits per heavy atom. The number of hydrogen-bond donors (Lipinski definition) is 1. The Balaban J connectivity index is 1.60. The Labute approximate surface area is 191 Å². The van der Waals surface area contributed by atoms with Crippen molar-refractivity contribution in [2.45, 2.75) is 45.8 Å². The number of aromatic nitrogens is 5. The van der Waals surface area contributed by atoms with Crippen molar-refractivity contribution in [1.82, 2.24) is 24.5 Å². The summed E-state index contributed by atoms with van der Waals surface area (Å²) in [6, 6.07) is 8.69. The minimum absolute atomic E-state index is 0.297. The molecule has 33 heavy (non-hydrogen) atoms. The molecule has 2 aliphatic rings. The van der Waals surface area contributed by atoms with Crippen LogP contribution >= 0.6 is 0 Å². The smallest absolute Gasteiger partial charge is 0.166 e. The predicted molar refractivity (Wildman–Crippen MR) is 123 cm³/mol. The van der Waals surface area contributed by atoms with Crippen LogP contribution in [0.4, 0.5) is 10.2 Å². The summed E-state index contributed by atoms with van der Waals surface area (Å²) in [4.78, 5) is 4.42. The molecule has 0 spiro atoms. The number of nitrogens with zero attached hydrogens (tertiary/aromatic N) is 5. The summed E-state index contributed by atoms with van der Waals surface area (Å²) in [6.07, 6.45) is 6.34. The quantitative estimate of drug-likeness (QED) is 0.488. The standard InChI is InChI=1S/C25H25FN6O/c1-14-7-20-8-17-12-29-31(13-16-3-4-16)24(17)18-9-23(25(27)28-11-18)33-15(2)21-10-19(26)5-6-22(21)32(20)30-14/h5-7,9-12,15-16H,3-4,8,13H2,1-2H3,(H2,27,28). The van der Waals surface area contributed by atoms with Crippen LogP contribution in [0.5, 0.6) is 5.75 Å². The molecule has 0 amide bonds. The van der Waals surface area contributed by atoms with Crippen LogP contribution in [-0.4, -0.2) is 24.5 Å². The van der Waals surface area contributed by atoms with E-state index in [0.717, 1.165) is 40.4 Å². The van der Waals surface area contributed by atoms with Gasteiger partial charge >= 0.3 is 0 Å². The van der Waals surface area contributed by atoms with Gasteiger partial charge in [0.2, 0.25) is 0 Å². The van der Waals surface area contributed by atoms with E-state index in [-0.39, 0.29) is 5.82 Å². The largest absolute Gasteiger partial charge is 0.482 e. The molecule has 3 aromatic heterocycles. The summed E-state index contributed by atoms with van der Waals surface area (Å²) in [5.41, 5.74) is 12.5. The van der Waals surface area contributed by atoms with Gasteiger partial charge in [0.15, 0.2) is 11.6 Å². The lowest BCUT2D eigenvalue weighted by Crippen LogP contribution is -2.14. The van der Waals surface area contributed by atoms with E-state index in [1.54, 1.807) is 12.3 Å². The zero-order valence-corrected chi connectivity index (χ0v) is 18.6. The van der Waals surface area contributed by atoms with Crippen molar-refractivity contribution in [2.24, 2.45) is 5.92 Å². The fraction of sp³-hybridized carbons (Fsp3) is 0.320. The molecule has 1 aromatic carbocycles. The third-order valence-corrected chi connectivity index (χ3v) is 6.43. The molecule has 6 rings (SSSR count). The van der Waals surface area contributed by atoms with E-state index in [9.17, 15) is 4.39 Å². The summed E-state index contributed by atoms with van der Waals surface area (Å²) in [5.74, 6) is 1.11. The molecule has 1 aliphatic heterocycles. The number of rotatable bonds is 2. The van der Waals surface area contributed by atoms with Crippen LogP contribution in [0.15, 0.2) is 42.7 Å². The molecule has 4 heterocycles. The van der Waals surface area contributed by atoms with Gasteiger partial charge in [-0.25, -0.2) is 14.1 Å². The highest BCUT2D eigenvalue weighted by Crippen LogP contribution is 2.37. The second-order valence-electron chi connectivity index (χ2n) is 9.08. The maximum absolute atomic E-state index is 14.3. The van der Waals surface area contributed by atoms with Crippen molar-refractivity contribution in [1.29, 1.82) is 0 Å². The Hall–Kier alpha value is -3.68. The Morgan fingerprint density at radius 2 is 2.03 bits per heavy atom. The molecule has 0 radical (unpaired) electrons. The van der Waals surface area contributed by atoms with Crippen LogP contribution in [0, 0.1) is 18.7 Å². The number of aryl methyl sites for hydroxylation is 1.